The third kappa shape index (κ3) is 3.05. The van der Waals surface area contributed by atoms with Gasteiger partial charge in [-0.3, -0.25) is 5.43 Å². The molecular weight excluding hydrogens is 220 g/mol. The Morgan fingerprint density at radius 2 is 2.00 bits per heavy atom. The lowest BCUT2D eigenvalue weighted by molar-refractivity contribution is 0.0602. The number of hydrazone groups is 1. The van der Waals surface area contributed by atoms with E-state index in [2.05, 4.69) is 15.3 Å². The second kappa shape index (κ2) is 5.89. The predicted molar refractivity (Wildman–Crippen MR) is 60.1 cm³/mol. The number of rotatable bonds is 3. The number of carbonyl (C=O) groups excluding carboxylic acids is 1. The predicted octanol–water partition coefficient (Wildman–Crippen LogP) is 1.29. The van der Waals surface area contributed by atoms with Crippen LogP contribution in [-0.4, -0.2) is 18.8 Å². The van der Waals surface area contributed by atoms with Crippen molar-refractivity contribution in [1.29, 1.82) is 10.5 Å². The van der Waals surface area contributed by atoms with Crippen LogP contribution in [-0.2, 0) is 4.74 Å². The Kier molecular flexibility index (Phi) is 4.23. The summed E-state index contributed by atoms with van der Waals surface area (Å²) in [4.78, 5) is 11.4. The van der Waals surface area contributed by atoms with Crippen molar-refractivity contribution < 1.29 is 9.53 Å². The van der Waals surface area contributed by atoms with Crippen molar-refractivity contribution in [3.05, 3.63) is 29.8 Å². The highest BCUT2D eigenvalue weighted by Crippen LogP contribution is 2.15. The molecule has 0 atom stereocenters. The summed E-state index contributed by atoms with van der Waals surface area (Å²) in [5, 5.41) is 20.5. The molecule has 0 saturated heterocycles. The maximum atomic E-state index is 11.4. The minimum atomic E-state index is -0.529. The Balaban J connectivity index is 3.01. The molecule has 84 valence electrons. The summed E-state index contributed by atoms with van der Waals surface area (Å²) >= 11 is 0. The zero-order valence-electron chi connectivity index (χ0n) is 8.97. The number of carbonyl (C=O) groups is 1. The van der Waals surface area contributed by atoms with Gasteiger partial charge in [0.2, 0.25) is 5.71 Å². The van der Waals surface area contributed by atoms with Gasteiger partial charge in [-0.2, -0.15) is 15.6 Å². The number of nitrogens with zero attached hydrogens (tertiary/aromatic N) is 3. The molecular formula is C11H8N4O2. The number of hydrogen-bond donors (Lipinski definition) is 1. The minimum Gasteiger partial charge on any atom is -0.465 e. The molecule has 6 heteroatoms. The van der Waals surface area contributed by atoms with Gasteiger partial charge in [-0.1, -0.05) is 12.1 Å². The molecule has 0 unspecified atom stereocenters. The largest absolute Gasteiger partial charge is 0.465 e. The molecule has 0 amide bonds. The lowest BCUT2D eigenvalue weighted by atomic mass is 10.2. The molecule has 0 radical (unpaired) electrons. The standard InChI is InChI=1S/C11H8N4O2/c1-17-11(16)9-4-2-3-5-10(9)15-14-8(6-12)7-13/h2-5,15H,1H3. The fourth-order valence-electron chi connectivity index (χ4n) is 1.06. The van der Waals surface area contributed by atoms with Crippen LogP contribution in [0.15, 0.2) is 29.4 Å². The van der Waals surface area contributed by atoms with Crippen LogP contribution in [0, 0.1) is 22.7 Å². The number of para-hydroxylation sites is 1. The highest BCUT2D eigenvalue weighted by Gasteiger charge is 2.10. The fourth-order valence-corrected chi connectivity index (χ4v) is 1.06. The van der Waals surface area contributed by atoms with E-state index >= 15 is 0 Å². The minimum absolute atomic E-state index is 0.272. The first-order valence-corrected chi connectivity index (χ1v) is 4.54. The molecule has 17 heavy (non-hydrogen) atoms. The van der Waals surface area contributed by atoms with Crippen LogP contribution in [0.5, 0.6) is 0 Å². The van der Waals surface area contributed by atoms with Crippen LogP contribution in [0.4, 0.5) is 5.69 Å². The average Bonchev–Trinajstić information content (AvgIpc) is 2.39. The topological polar surface area (TPSA) is 98.3 Å². The monoisotopic (exact) mass is 228 g/mol. The molecule has 6 nitrogen and oxygen atoms in total. The maximum absolute atomic E-state index is 11.4. The quantitative estimate of drug-likeness (QED) is 0.477. The summed E-state index contributed by atoms with van der Waals surface area (Å²) in [6.07, 6.45) is 0. The smallest absolute Gasteiger partial charge is 0.340 e. The van der Waals surface area contributed by atoms with Crippen LogP contribution in [0.2, 0.25) is 0 Å². The molecule has 0 saturated carbocycles. The van der Waals surface area contributed by atoms with Crippen LogP contribution in [0.3, 0.4) is 0 Å². The number of methoxy groups -OCH3 is 1. The highest BCUT2D eigenvalue weighted by atomic mass is 16.5. The van der Waals surface area contributed by atoms with Gasteiger partial charge >= 0.3 is 5.97 Å². The van der Waals surface area contributed by atoms with E-state index < -0.39 is 5.97 Å². The molecule has 1 aromatic carbocycles. The number of ether oxygens (including phenoxy) is 1. The molecule has 1 rings (SSSR count). The second-order valence-electron chi connectivity index (χ2n) is 2.83. The third-order valence-electron chi connectivity index (χ3n) is 1.83. The van der Waals surface area contributed by atoms with Crippen LogP contribution >= 0.6 is 0 Å². The van der Waals surface area contributed by atoms with Crippen molar-refractivity contribution in [2.75, 3.05) is 12.5 Å². The molecule has 0 aliphatic heterocycles. The van der Waals surface area contributed by atoms with Gasteiger partial charge in [0.1, 0.15) is 12.1 Å². The zero-order chi connectivity index (χ0) is 12.7. The van der Waals surface area contributed by atoms with Gasteiger partial charge in [-0.05, 0) is 12.1 Å². The normalized spacial score (nSPS) is 8.41. The first-order chi connectivity index (χ1) is 8.22. The maximum Gasteiger partial charge on any atom is 0.340 e. The first kappa shape index (κ1) is 12.2. The summed E-state index contributed by atoms with van der Waals surface area (Å²) in [5.74, 6) is -0.529. The fraction of sp³-hybridized carbons (Fsp3) is 0.0909. The summed E-state index contributed by atoms with van der Waals surface area (Å²) in [6, 6.07) is 9.67. The van der Waals surface area contributed by atoms with Gasteiger partial charge in [0, 0.05) is 0 Å². The van der Waals surface area contributed by atoms with E-state index in [1.165, 1.54) is 7.11 Å². The van der Waals surface area contributed by atoms with E-state index in [0.29, 0.717) is 5.69 Å². The van der Waals surface area contributed by atoms with Gasteiger partial charge < -0.3 is 4.74 Å². The lowest BCUT2D eigenvalue weighted by Gasteiger charge is -2.05. The van der Waals surface area contributed by atoms with Gasteiger partial charge in [0.15, 0.2) is 0 Å². The SMILES string of the molecule is COC(=O)c1ccccc1NN=C(C#N)C#N. The number of benzene rings is 1. The third-order valence-corrected chi connectivity index (χ3v) is 1.83. The molecule has 1 aromatic rings. The number of hydrogen-bond acceptors (Lipinski definition) is 6. The zero-order valence-corrected chi connectivity index (χ0v) is 8.97. The first-order valence-electron chi connectivity index (χ1n) is 4.54. The summed E-state index contributed by atoms with van der Waals surface area (Å²) in [5.41, 5.74) is 2.78. The van der Waals surface area contributed by atoms with Crippen molar-refractivity contribution in [3.63, 3.8) is 0 Å². The summed E-state index contributed by atoms with van der Waals surface area (Å²) < 4.78 is 4.58. The number of nitrogens with one attached hydrogen (secondary N) is 1. The Labute approximate surface area is 97.7 Å². The molecule has 0 aromatic heterocycles. The molecule has 0 heterocycles. The van der Waals surface area contributed by atoms with Crippen molar-refractivity contribution in [2.45, 2.75) is 0 Å². The Morgan fingerprint density at radius 3 is 2.59 bits per heavy atom. The number of esters is 1. The number of nitriles is 2. The Morgan fingerprint density at radius 1 is 1.35 bits per heavy atom. The second-order valence-corrected chi connectivity index (χ2v) is 2.83. The van der Waals surface area contributed by atoms with Crippen LogP contribution in [0.1, 0.15) is 10.4 Å². The highest BCUT2D eigenvalue weighted by molar-refractivity contribution is 6.10. The van der Waals surface area contributed by atoms with E-state index in [1.807, 2.05) is 0 Å². The molecule has 1 N–H and O–H groups in total. The van der Waals surface area contributed by atoms with Crippen LogP contribution in [0.25, 0.3) is 0 Å². The Bertz CT molecular complexity index is 521. The van der Waals surface area contributed by atoms with Crippen molar-refractivity contribution >= 4 is 17.4 Å². The lowest BCUT2D eigenvalue weighted by Crippen LogP contribution is -2.06. The van der Waals surface area contributed by atoms with E-state index in [9.17, 15) is 4.79 Å². The van der Waals surface area contributed by atoms with Crippen molar-refractivity contribution in [3.8, 4) is 12.1 Å². The molecule has 0 aliphatic carbocycles. The average molecular weight is 228 g/mol. The summed E-state index contributed by atoms with van der Waals surface area (Å²) in [6.45, 7) is 0. The molecule has 0 fully saturated rings. The van der Waals surface area contributed by atoms with Gasteiger partial charge in [0.25, 0.3) is 0 Å². The van der Waals surface area contributed by atoms with E-state index in [0.717, 1.165) is 0 Å². The van der Waals surface area contributed by atoms with Gasteiger partial charge in [-0.15, -0.1) is 0 Å². The van der Waals surface area contributed by atoms with E-state index in [1.54, 1.807) is 36.4 Å². The van der Waals surface area contributed by atoms with Gasteiger partial charge in [0.05, 0.1) is 18.4 Å². The Hall–Kier alpha value is -2.86. The molecule has 0 spiro atoms. The molecule has 0 aliphatic rings. The number of anilines is 1. The van der Waals surface area contributed by atoms with Gasteiger partial charge in [-0.25, -0.2) is 4.79 Å². The molecule has 0 bridgehead atoms. The van der Waals surface area contributed by atoms with Crippen molar-refractivity contribution in [1.82, 2.24) is 0 Å². The van der Waals surface area contributed by atoms with E-state index in [4.69, 9.17) is 10.5 Å². The van der Waals surface area contributed by atoms with Crippen molar-refractivity contribution in [2.24, 2.45) is 5.10 Å². The van der Waals surface area contributed by atoms with E-state index in [-0.39, 0.29) is 11.3 Å². The van der Waals surface area contributed by atoms with Crippen LogP contribution < -0.4 is 5.43 Å². The summed E-state index contributed by atoms with van der Waals surface area (Å²) in [7, 11) is 1.26.